The van der Waals surface area contributed by atoms with Crippen molar-refractivity contribution in [3.8, 4) is 0 Å². The average Bonchev–Trinajstić information content (AvgIpc) is 3.03. The average molecular weight is 349 g/mol. The maximum absolute atomic E-state index is 14.0. The van der Waals surface area contributed by atoms with Gasteiger partial charge < -0.3 is 14.9 Å². The fourth-order valence-corrected chi connectivity index (χ4v) is 2.95. The Morgan fingerprint density at radius 2 is 1.77 bits per heavy atom. The summed E-state index contributed by atoms with van der Waals surface area (Å²) < 4.78 is 17.2. The zero-order valence-corrected chi connectivity index (χ0v) is 13.8. The number of benzene rings is 1. The van der Waals surface area contributed by atoms with Gasteiger partial charge in [0.2, 0.25) is 0 Å². The number of aromatic nitrogens is 4. The SMILES string of the molecule is Nc1ccnc(Cn2ccc3ccn(Cc4ccccc4F)c3c2=O)n1. The van der Waals surface area contributed by atoms with Gasteiger partial charge in [0.25, 0.3) is 5.56 Å². The molecule has 0 fully saturated rings. The second-order valence-electron chi connectivity index (χ2n) is 5.99. The van der Waals surface area contributed by atoms with Crippen LogP contribution in [0.1, 0.15) is 11.4 Å². The van der Waals surface area contributed by atoms with Gasteiger partial charge in [-0.25, -0.2) is 14.4 Å². The Hall–Kier alpha value is -3.48. The van der Waals surface area contributed by atoms with Crippen molar-refractivity contribution in [2.75, 3.05) is 5.73 Å². The molecule has 3 aromatic heterocycles. The van der Waals surface area contributed by atoms with Crippen molar-refractivity contribution in [3.05, 3.63) is 88.6 Å². The van der Waals surface area contributed by atoms with Gasteiger partial charge in [-0.05, 0) is 24.3 Å². The lowest BCUT2D eigenvalue weighted by molar-refractivity contribution is 0.601. The van der Waals surface area contributed by atoms with Crippen LogP contribution in [0.15, 0.2) is 65.8 Å². The molecule has 130 valence electrons. The molecular formula is C19H16FN5O. The Kier molecular flexibility index (Phi) is 3.96. The summed E-state index contributed by atoms with van der Waals surface area (Å²) in [7, 11) is 0. The van der Waals surface area contributed by atoms with E-state index in [-0.39, 0.29) is 24.5 Å². The van der Waals surface area contributed by atoms with E-state index in [9.17, 15) is 9.18 Å². The van der Waals surface area contributed by atoms with Gasteiger partial charge in [-0.15, -0.1) is 0 Å². The lowest BCUT2D eigenvalue weighted by Gasteiger charge is -2.09. The first-order valence-corrected chi connectivity index (χ1v) is 8.11. The van der Waals surface area contributed by atoms with Crippen molar-refractivity contribution in [3.63, 3.8) is 0 Å². The van der Waals surface area contributed by atoms with E-state index < -0.39 is 0 Å². The number of rotatable bonds is 4. The first-order valence-electron chi connectivity index (χ1n) is 8.11. The zero-order valence-electron chi connectivity index (χ0n) is 13.8. The molecule has 3 heterocycles. The van der Waals surface area contributed by atoms with Gasteiger partial charge in [-0.3, -0.25) is 4.79 Å². The summed E-state index contributed by atoms with van der Waals surface area (Å²) in [6, 6.07) is 11.8. The van der Waals surface area contributed by atoms with Crippen LogP contribution in [0.2, 0.25) is 0 Å². The topological polar surface area (TPSA) is 78.7 Å². The molecule has 7 heteroatoms. The van der Waals surface area contributed by atoms with Crippen LogP contribution in [-0.4, -0.2) is 19.1 Å². The van der Waals surface area contributed by atoms with Crippen LogP contribution in [0.25, 0.3) is 10.9 Å². The minimum Gasteiger partial charge on any atom is -0.384 e. The number of anilines is 1. The molecule has 0 aliphatic rings. The fourth-order valence-electron chi connectivity index (χ4n) is 2.95. The van der Waals surface area contributed by atoms with Crippen molar-refractivity contribution >= 4 is 16.7 Å². The van der Waals surface area contributed by atoms with Gasteiger partial charge in [0, 0.05) is 29.5 Å². The molecule has 0 radical (unpaired) electrons. The van der Waals surface area contributed by atoms with Crippen molar-refractivity contribution in [1.82, 2.24) is 19.1 Å². The van der Waals surface area contributed by atoms with E-state index in [0.29, 0.717) is 22.7 Å². The minimum atomic E-state index is -0.293. The number of nitrogens with zero attached hydrogens (tertiary/aromatic N) is 4. The van der Waals surface area contributed by atoms with Gasteiger partial charge in [-0.1, -0.05) is 18.2 Å². The van der Waals surface area contributed by atoms with Gasteiger partial charge in [0.1, 0.15) is 23.0 Å². The standard InChI is InChI=1S/C19H16FN5O/c20-15-4-2-1-3-14(15)11-24-9-6-13-7-10-25(19(26)18(13)24)12-17-22-8-5-16(21)23-17/h1-10H,11-12H2,(H2,21,22,23). The van der Waals surface area contributed by atoms with E-state index in [1.54, 1.807) is 47.4 Å². The van der Waals surface area contributed by atoms with Crippen LogP contribution in [-0.2, 0) is 13.1 Å². The second kappa shape index (κ2) is 6.44. The van der Waals surface area contributed by atoms with Crippen molar-refractivity contribution in [2.45, 2.75) is 13.1 Å². The van der Waals surface area contributed by atoms with Crippen molar-refractivity contribution in [1.29, 1.82) is 0 Å². The Balaban J connectivity index is 1.75. The highest BCUT2D eigenvalue weighted by atomic mass is 19.1. The van der Waals surface area contributed by atoms with Crippen LogP contribution in [0, 0.1) is 5.82 Å². The Labute approximate surface area is 148 Å². The van der Waals surface area contributed by atoms with E-state index in [1.165, 1.54) is 10.6 Å². The molecule has 4 aromatic rings. The molecule has 0 aliphatic carbocycles. The Bertz CT molecular complexity index is 1150. The quantitative estimate of drug-likeness (QED) is 0.614. The van der Waals surface area contributed by atoms with E-state index in [1.807, 2.05) is 12.1 Å². The summed E-state index contributed by atoms with van der Waals surface area (Å²) in [5.41, 5.74) is 6.53. The summed E-state index contributed by atoms with van der Waals surface area (Å²) in [5, 5.41) is 0.802. The fraction of sp³-hybridized carbons (Fsp3) is 0.105. The smallest absolute Gasteiger partial charge is 0.275 e. The molecule has 0 aliphatic heterocycles. The summed E-state index contributed by atoms with van der Waals surface area (Å²) in [5.74, 6) is 0.518. The van der Waals surface area contributed by atoms with E-state index in [4.69, 9.17) is 5.73 Å². The van der Waals surface area contributed by atoms with E-state index in [0.717, 1.165) is 5.39 Å². The summed E-state index contributed by atoms with van der Waals surface area (Å²) >= 11 is 0. The van der Waals surface area contributed by atoms with Gasteiger partial charge in [-0.2, -0.15) is 0 Å². The molecule has 1 aromatic carbocycles. The number of halogens is 1. The maximum Gasteiger partial charge on any atom is 0.275 e. The summed E-state index contributed by atoms with van der Waals surface area (Å²) in [6.45, 7) is 0.495. The largest absolute Gasteiger partial charge is 0.384 e. The maximum atomic E-state index is 14.0. The van der Waals surface area contributed by atoms with Gasteiger partial charge in [0.15, 0.2) is 0 Å². The van der Waals surface area contributed by atoms with Crippen LogP contribution < -0.4 is 11.3 Å². The Morgan fingerprint density at radius 3 is 2.54 bits per heavy atom. The molecule has 26 heavy (non-hydrogen) atoms. The second-order valence-corrected chi connectivity index (χ2v) is 5.99. The van der Waals surface area contributed by atoms with Crippen molar-refractivity contribution in [2.24, 2.45) is 0 Å². The molecule has 0 amide bonds. The lowest BCUT2D eigenvalue weighted by Crippen LogP contribution is -2.23. The number of fused-ring (bicyclic) bond motifs is 1. The van der Waals surface area contributed by atoms with Crippen LogP contribution in [0.3, 0.4) is 0 Å². The predicted octanol–water partition coefficient (Wildman–Crippen LogP) is 2.41. The number of pyridine rings is 1. The number of nitrogens with two attached hydrogens (primary N) is 1. The molecule has 0 saturated heterocycles. The number of hydrogen-bond donors (Lipinski definition) is 1. The van der Waals surface area contributed by atoms with E-state index >= 15 is 0 Å². The molecule has 0 saturated carbocycles. The molecule has 4 rings (SSSR count). The zero-order chi connectivity index (χ0) is 18.1. The monoisotopic (exact) mass is 349 g/mol. The van der Waals surface area contributed by atoms with Crippen LogP contribution in [0.4, 0.5) is 10.2 Å². The summed E-state index contributed by atoms with van der Waals surface area (Å²) in [6.07, 6.45) is 5.05. The molecule has 0 atom stereocenters. The third-order valence-electron chi connectivity index (χ3n) is 4.23. The molecule has 6 nitrogen and oxygen atoms in total. The van der Waals surface area contributed by atoms with Gasteiger partial charge >= 0.3 is 0 Å². The van der Waals surface area contributed by atoms with Gasteiger partial charge in [0.05, 0.1) is 13.1 Å². The highest BCUT2D eigenvalue weighted by molar-refractivity contribution is 5.79. The first kappa shape index (κ1) is 16.0. The molecular weight excluding hydrogens is 333 g/mol. The highest BCUT2D eigenvalue weighted by Crippen LogP contribution is 2.15. The Morgan fingerprint density at radius 1 is 1.00 bits per heavy atom. The first-order chi connectivity index (χ1) is 12.6. The third kappa shape index (κ3) is 2.95. The minimum absolute atomic E-state index is 0.185. The molecule has 0 spiro atoms. The predicted molar refractivity (Wildman–Crippen MR) is 97.2 cm³/mol. The van der Waals surface area contributed by atoms with Crippen LogP contribution in [0.5, 0.6) is 0 Å². The molecule has 0 unspecified atom stereocenters. The summed E-state index contributed by atoms with van der Waals surface area (Å²) in [4.78, 5) is 21.2. The third-order valence-corrected chi connectivity index (χ3v) is 4.23. The number of nitrogen functional groups attached to an aromatic ring is 1. The normalized spacial score (nSPS) is 11.1. The lowest BCUT2D eigenvalue weighted by atomic mass is 10.2. The van der Waals surface area contributed by atoms with E-state index in [2.05, 4.69) is 9.97 Å². The molecule has 2 N–H and O–H groups in total. The highest BCUT2D eigenvalue weighted by Gasteiger charge is 2.11. The number of hydrogen-bond acceptors (Lipinski definition) is 4. The van der Waals surface area contributed by atoms with Crippen molar-refractivity contribution < 1.29 is 4.39 Å². The molecule has 0 bridgehead atoms. The van der Waals surface area contributed by atoms with Crippen LogP contribution >= 0.6 is 0 Å².